The van der Waals surface area contributed by atoms with Crippen LogP contribution in [0.3, 0.4) is 0 Å². The van der Waals surface area contributed by atoms with Crippen LogP contribution in [-0.4, -0.2) is 19.1 Å². The van der Waals surface area contributed by atoms with Gasteiger partial charge < -0.3 is 14.3 Å². The van der Waals surface area contributed by atoms with Crippen LogP contribution >= 0.6 is 0 Å². The maximum atomic E-state index is 6.49. The fourth-order valence-electron chi connectivity index (χ4n) is 8.59. The highest BCUT2D eigenvalue weighted by Crippen LogP contribution is 2.39. The van der Waals surface area contributed by atoms with E-state index in [-0.39, 0.29) is 6.17 Å². The van der Waals surface area contributed by atoms with Gasteiger partial charge in [-0.3, -0.25) is 4.99 Å². The van der Waals surface area contributed by atoms with E-state index in [1.807, 2.05) is 6.07 Å². The Balaban J connectivity index is 1.13. The normalized spacial score (nSPS) is 14.1. The summed E-state index contributed by atoms with van der Waals surface area (Å²) < 4.78 is 8.92. The van der Waals surface area contributed by atoms with Crippen molar-refractivity contribution in [2.75, 3.05) is 5.32 Å². The Morgan fingerprint density at radius 3 is 1.98 bits per heavy atom. The number of aromatic nitrogens is 1. The molecular formula is C50H35N3OSi. The summed E-state index contributed by atoms with van der Waals surface area (Å²) in [5, 5.41) is 12.6. The monoisotopic (exact) mass is 721 g/mol. The van der Waals surface area contributed by atoms with Crippen LogP contribution in [0.5, 0.6) is 0 Å². The first-order valence-corrected chi connectivity index (χ1v) is 20.6. The number of benzene rings is 8. The Bertz CT molecular complexity index is 3040. The van der Waals surface area contributed by atoms with Gasteiger partial charge in [0.25, 0.3) is 0 Å². The average Bonchev–Trinajstić information content (AvgIpc) is 3.78. The summed E-state index contributed by atoms with van der Waals surface area (Å²) in [5.41, 5.74) is 10.6. The molecular weight excluding hydrogens is 687 g/mol. The van der Waals surface area contributed by atoms with Crippen molar-refractivity contribution in [3.05, 3.63) is 211 Å². The second-order valence-corrected chi connectivity index (χ2v) is 17.2. The third-order valence-electron chi connectivity index (χ3n) is 11.1. The molecule has 1 atom stereocenters. The minimum absolute atomic E-state index is 0.252. The third-order valence-corrected chi connectivity index (χ3v) is 14.2. The first-order valence-electron chi connectivity index (χ1n) is 18.9. The zero-order valence-corrected chi connectivity index (χ0v) is 31.1. The van der Waals surface area contributed by atoms with E-state index in [9.17, 15) is 0 Å². The van der Waals surface area contributed by atoms with E-state index in [0.717, 1.165) is 66.7 Å². The smallest absolute Gasteiger partial charge is 0.145 e. The number of nitrogens with zero attached hydrogens (tertiary/aromatic N) is 2. The lowest BCUT2D eigenvalue weighted by Crippen LogP contribution is -2.51. The number of aliphatic imine (C=N–C) groups is 1. The fraction of sp³-hybridized carbons (Fsp3) is 0.0200. The predicted octanol–water partition coefficient (Wildman–Crippen LogP) is 9.89. The third kappa shape index (κ3) is 5.31. The van der Waals surface area contributed by atoms with Crippen molar-refractivity contribution in [3.63, 3.8) is 0 Å². The molecule has 4 nitrogen and oxygen atoms in total. The molecule has 3 heterocycles. The average molecular weight is 722 g/mol. The van der Waals surface area contributed by atoms with Crippen molar-refractivity contribution in [3.8, 4) is 5.69 Å². The number of anilines is 1. The predicted molar refractivity (Wildman–Crippen MR) is 232 cm³/mol. The van der Waals surface area contributed by atoms with Gasteiger partial charge in [-0.15, -0.1) is 0 Å². The Hall–Kier alpha value is -6.95. The lowest BCUT2D eigenvalue weighted by Gasteiger charge is -2.26. The zero-order chi connectivity index (χ0) is 36.3. The maximum Gasteiger partial charge on any atom is 0.145 e. The van der Waals surface area contributed by atoms with Crippen LogP contribution in [0, 0.1) is 0 Å². The largest absolute Gasteiger partial charge is 0.456 e. The lowest BCUT2D eigenvalue weighted by molar-refractivity contribution is 0.669. The van der Waals surface area contributed by atoms with Gasteiger partial charge in [-0.1, -0.05) is 167 Å². The van der Waals surface area contributed by atoms with E-state index in [2.05, 4.69) is 198 Å². The molecule has 1 unspecified atom stereocenters. The molecule has 0 amide bonds. The molecule has 1 N–H and O–H groups in total. The SMILES string of the molecule is c1ccc(C2=NC(c3cccc(-n4c5ccc([SiH](c6ccccc6)c6ccccc6)cc5c5cc6oc7ccccc7c6cc54)c3)Nc3ccccc32)cc1. The van der Waals surface area contributed by atoms with Gasteiger partial charge >= 0.3 is 0 Å². The minimum Gasteiger partial charge on any atom is -0.456 e. The second-order valence-electron chi connectivity index (χ2n) is 14.4. The summed E-state index contributed by atoms with van der Waals surface area (Å²) in [7, 11) is -1.78. The molecule has 55 heavy (non-hydrogen) atoms. The number of hydrogen-bond acceptors (Lipinski definition) is 3. The van der Waals surface area contributed by atoms with Gasteiger partial charge in [-0.2, -0.15) is 0 Å². The molecule has 0 bridgehead atoms. The Morgan fingerprint density at radius 2 is 1.18 bits per heavy atom. The van der Waals surface area contributed by atoms with Crippen molar-refractivity contribution in [1.29, 1.82) is 0 Å². The summed E-state index contributed by atoms with van der Waals surface area (Å²) in [5.74, 6) is 0. The molecule has 8 aromatic carbocycles. The molecule has 5 heteroatoms. The molecule has 0 saturated carbocycles. The zero-order valence-electron chi connectivity index (χ0n) is 29.9. The van der Waals surface area contributed by atoms with Crippen molar-refractivity contribution in [1.82, 2.24) is 4.57 Å². The Morgan fingerprint density at radius 1 is 0.491 bits per heavy atom. The minimum atomic E-state index is -1.78. The molecule has 1 aliphatic heterocycles. The van der Waals surface area contributed by atoms with E-state index in [1.54, 1.807) is 0 Å². The van der Waals surface area contributed by atoms with Crippen LogP contribution in [0.4, 0.5) is 5.69 Å². The van der Waals surface area contributed by atoms with Crippen molar-refractivity contribution < 1.29 is 4.42 Å². The number of hydrogen-bond donors (Lipinski definition) is 1. The Labute approximate surface area is 320 Å². The molecule has 10 aromatic rings. The topological polar surface area (TPSA) is 42.5 Å². The summed E-state index contributed by atoms with van der Waals surface area (Å²) in [4.78, 5) is 5.36. The Kier molecular flexibility index (Phi) is 7.38. The molecule has 1 aliphatic rings. The van der Waals surface area contributed by atoms with E-state index in [1.165, 1.54) is 26.3 Å². The summed E-state index contributed by atoms with van der Waals surface area (Å²) in [6.45, 7) is 0. The number of nitrogens with one attached hydrogen (secondary N) is 1. The van der Waals surface area contributed by atoms with Crippen LogP contribution in [-0.2, 0) is 0 Å². The van der Waals surface area contributed by atoms with Crippen LogP contribution in [0.15, 0.2) is 204 Å². The lowest BCUT2D eigenvalue weighted by atomic mass is 9.97. The number of rotatable bonds is 6. The fourth-order valence-corrected chi connectivity index (χ4v) is 11.6. The van der Waals surface area contributed by atoms with E-state index in [0.29, 0.717) is 0 Å². The van der Waals surface area contributed by atoms with Crippen LogP contribution in [0.2, 0.25) is 0 Å². The van der Waals surface area contributed by atoms with Crippen LogP contribution < -0.4 is 20.9 Å². The molecule has 0 spiro atoms. The van der Waals surface area contributed by atoms with Crippen molar-refractivity contribution in [2.24, 2.45) is 4.99 Å². The molecule has 11 rings (SSSR count). The van der Waals surface area contributed by atoms with Gasteiger partial charge in [0.15, 0.2) is 0 Å². The first-order chi connectivity index (χ1) is 27.3. The molecule has 0 fully saturated rings. The number of furan rings is 1. The first kappa shape index (κ1) is 31.6. The number of para-hydroxylation sites is 2. The molecule has 0 radical (unpaired) electrons. The highest BCUT2D eigenvalue weighted by Gasteiger charge is 2.25. The van der Waals surface area contributed by atoms with Crippen molar-refractivity contribution in [2.45, 2.75) is 6.17 Å². The highest BCUT2D eigenvalue weighted by molar-refractivity contribution is 6.95. The summed E-state index contributed by atoms with van der Waals surface area (Å²) in [6, 6.07) is 70.0. The van der Waals surface area contributed by atoms with Gasteiger partial charge in [-0.25, -0.2) is 0 Å². The van der Waals surface area contributed by atoms with Crippen LogP contribution in [0.25, 0.3) is 49.4 Å². The van der Waals surface area contributed by atoms with E-state index < -0.39 is 8.80 Å². The number of fused-ring (bicyclic) bond motifs is 7. The molecule has 0 saturated heterocycles. The second kappa shape index (κ2) is 12.9. The summed E-state index contributed by atoms with van der Waals surface area (Å²) >= 11 is 0. The van der Waals surface area contributed by atoms with Crippen LogP contribution in [0.1, 0.15) is 22.9 Å². The molecule has 2 aromatic heterocycles. The summed E-state index contributed by atoms with van der Waals surface area (Å²) in [6.07, 6.45) is -0.252. The van der Waals surface area contributed by atoms with Gasteiger partial charge in [0.2, 0.25) is 0 Å². The van der Waals surface area contributed by atoms with Gasteiger partial charge in [0.05, 0.1) is 16.7 Å². The van der Waals surface area contributed by atoms with Gasteiger partial charge in [0, 0.05) is 44.0 Å². The van der Waals surface area contributed by atoms with E-state index in [4.69, 9.17) is 9.41 Å². The molecule has 0 aliphatic carbocycles. The quantitative estimate of drug-likeness (QED) is 0.137. The van der Waals surface area contributed by atoms with E-state index >= 15 is 0 Å². The van der Waals surface area contributed by atoms with Crippen molar-refractivity contribution >= 4 is 79.5 Å². The van der Waals surface area contributed by atoms with Gasteiger partial charge in [0.1, 0.15) is 26.1 Å². The highest BCUT2D eigenvalue weighted by atomic mass is 28.3. The maximum absolute atomic E-state index is 6.49. The molecule has 260 valence electrons. The van der Waals surface area contributed by atoms with Gasteiger partial charge in [-0.05, 0) is 48.0 Å². The standard InChI is InChI=1S/C50H35N3OSi/c1-4-15-33(16-5-1)49-40-24-10-12-25-44(40)51-50(52-49)34-17-14-18-35(29-34)53-45-28-27-38(55(36-19-6-2-7-20-36)37-21-8-3-9-22-37)30-41(45)42-32-48-43(31-46(42)53)39-23-11-13-26-47(39)54-48/h1-32,50-51,55H.